The quantitative estimate of drug-likeness (QED) is 0.555. The second-order valence-corrected chi connectivity index (χ2v) is 6.41. The maximum Gasteiger partial charge on any atom is 0.227 e. The Labute approximate surface area is 158 Å². The smallest absolute Gasteiger partial charge is 0.227 e. The normalized spacial score (nSPS) is 10.7. The molecule has 0 aliphatic rings. The van der Waals surface area contributed by atoms with Crippen molar-refractivity contribution in [1.29, 1.82) is 0 Å². The number of rotatable bonds is 4. The molecule has 0 aliphatic heterocycles. The Morgan fingerprint density at radius 3 is 2.74 bits per heavy atom. The van der Waals surface area contributed by atoms with E-state index in [0.717, 1.165) is 39.7 Å². The van der Waals surface area contributed by atoms with E-state index >= 15 is 0 Å². The van der Waals surface area contributed by atoms with Crippen LogP contribution in [0.2, 0.25) is 0 Å². The molecule has 2 heterocycles. The SMILES string of the molecule is C#Cc1ccc2nc(Nc3cc(CC)cc(-c4cnn(C)c4)c3)ncc2c1. The summed E-state index contributed by atoms with van der Waals surface area (Å²) in [6.45, 7) is 2.14. The molecule has 2 aromatic heterocycles. The molecule has 27 heavy (non-hydrogen) atoms. The minimum absolute atomic E-state index is 0.557. The molecule has 132 valence electrons. The fourth-order valence-electron chi connectivity index (χ4n) is 3.02. The van der Waals surface area contributed by atoms with Crippen molar-refractivity contribution in [2.75, 3.05) is 5.32 Å². The summed E-state index contributed by atoms with van der Waals surface area (Å²) in [7, 11) is 1.92. The monoisotopic (exact) mass is 353 g/mol. The first-order valence-electron chi connectivity index (χ1n) is 8.78. The lowest BCUT2D eigenvalue weighted by Crippen LogP contribution is -1.98. The highest BCUT2D eigenvalue weighted by Crippen LogP contribution is 2.26. The molecule has 0 saturated carbocycles. The Bertz CT molecular complexity index is 1170. The first kappa shape index (κ1) is 16.8. The Balaban J connectivity index is 1.69. The van der Waals surface area contributed by atoms with Gasteiger partial charge >= 0.3 is 0 Å². The molecule has 4 aromatic rings. The van der Waals surface area contributed by atoms with Gasteiger partial charge in [0.1, 0.15) is 0 Å². The summed E-state index contributed by atoms with van der Waals surface area (Å²) in [6, 6.07) is 12.1. The van der Waals surface area contributed by atoms with Gasteiger partial charge in [-0.2, -0.15) is 5.10 Å². The number of nitrogens with zero attached hydrogens (tertiary/aromatic N) is 4. The number of aryl methyl sites for hydroxylation is 2. The Morgan fingerprint density at radius 2 is 2.00 bits per heavy atom. The molecule has 0 bridgehead atoms. The minimum Gasteiger partial charge on any atom is -0.324 e. The van der Waals surface area contributed by atoms with Crippen LogP contribution in [0, 0.1) is 12.3 Å². The molecule has 2 aromatic carbocycles. The third-order valence-electron chi connectivity index (χ3n) is 4.44. The van der Waals surface area contributed by atoms with Crippen molar-refractivity contribution in [3.8, 4) is 23.5 Å². The van der Waals surface area contributed by atoms with E-state index in [2.05, 4.69) is 51.4 Å². The summed E-state index contributed by atoms with van der Waals surface area (Å²) >= 11 is 0. The van der Waals surface area contributed by atoms with Crippen LogP contribution in [-0.4, -0.2) is 19.7 Å². The fourth-order valence-corrected chi connectivity index (χ4v) is 3.02. The van der Waals surface area contributed by atoms with Crippen LogP contribution in [0.15, 0.2) is 55.0 Å². The zero-order valence-electron chi connectivity index (χ0n) is 15.3. The van der Waals surface area contributed by atoms with Crippen LogP contribution in [0.5, 0.6) is 0 Å². The van der Waals surface area contributed by atoms with Crippen LogP contribution < -0.4 is 5.32 Å². The number of hydrogen-bond acceptors (Lipinski definition) is 4. The van der Waals surface area contributed by atoms with Gasteiger partial charge in [-0.3, -0.25) is 4.68 Å². The summed E-state index contributed by atoms with van der Waals surface area (Å²) in [5, 5.41) is 8.52. The van der Waals surface area contributed by atoms with E-state index in [4.69, 9.17) is 6.42 Å². The largest absolute Gasteiger partial charge is 0.324 e. The lowest BCUT2D eigenvalue weighted by molar-refractivity contribution is 0.768. The van der Waals surface area contributed by atoms with E-state index in [1.54, 1.807) is 10.9 Å². The molecule has 0 saturated heterocycles. The first-order valence-corrected chi connectivity index (χ1v) is 8.78. The van der Waals surface area contributed by atoms with Crippen molar-refractivity contribution in [3.63, 3.8) is 0 Å². The highest BCUT2D eigenvalue weighted by molar-refractivity contribution is 5.81. The van der Waals surface area contributed by atoms with Crippen LogP contribution >= 0.6 is 0 Å². The lowest BCUT2D eigenvalue weighted by Gasteiger charge is -2.10. The number of hydrogen-bond donors (Lipinski definition) is 1. The van der Waals surface area contributed by atoms with Gasteiger partial charge in [0.2, 0.25) is 5.95 Å². The summed E-state index contributed by atoms with van der Waals surface area (Å²) in [5.74, 6) is 3.19. The summed E-state index contributed by atoms with van der Waals surface area (Å²) in [4.78, 5) is 9.03. The first-order chi connectivity index (χ1) is 13.1. The standard InChI is InChI=1S/C22H19N5/c1-4-15-6-7-21-18(8-15)12-23-22(26-21)25-20-10-16(5-2)9-17(11-20)19-13-24-27(3)14-19/h1,6-14H,5H2,2-3H3,(H,23,25,26). The third-order valence-corrected chi connectivity index (χ3v) is 4.44. The molecular weight excluding hydrogens is 334 g/mol. The van der Waals surface area contributed by atoms with Crippen molar-refractivity contribution in [2.24, 2.45) is 7.05 Å². The molecule has 5 nitrogen and oxygen atoms in total. The molecule has 0 fully saturated rings. The maximum absolute atomic E-state index is 5.45. The van der Waals surface area contributed by atoms with Crippen molar-refractivity contribution in [3.05, 3.63) is 66.1 Å². The lowest BCUT2D eigenvalue weighted by atomic mass is 10.0. The molecule has 0 amide bonds. The number of anilines is 2. The predicted molar refractivity (Wildman–Crippen MR) is 109 cm³/mol. The van der Waals surface area contributed by atoms with Gasteiger partial charge in [0, 0.05) is 41.6 Å². The zero-order chi connectivity index (χ0) is 18.8. The summed E-state index contributed by atoms with van der Waals surface area (Å²) in [5.41, 5.74) is 6.06. The number of terminal acetylenes is 1. The molecule has 4 rings (SSSR count). The predicted octanol–water partition coefficient (Wildman–Crippen LogP) is 4.32. The van der Waals surface area contributed by atoms with E-state index in [9.17, 15) is 0 Å². The highest BCUT2D eigenvalue weighted by atomic mass is 15.2. The van der Waals surface area contributed by atoms with E-state index < -0.39 is 0 Å². The molecule has 0 radical (unpaired) electrons. The van der Waals surface area contributed by atoms with E-state index in [-0.39, 0.29) is 0 Å². The number of fused-ring (bicyclic) bond motifs is 1. The molecule has 0 atom stereocenters. The van der Waals surface area contributed by atoms with Crippen molar-refractivity contribution >= 4 is 22.5 Å². The Kier molecular flexibility index (Phi) is 4.31. The van der Waals surface area contributed by atoms with Gasteiger partial charge in [-0.25, -0.2) is 9.97 Å². The second-order valence-electron chi connectivity index (χ2n) is 6.41. The molecule has 1 N–H and O–H groups in total. The Morgan fingerprint density at radius 1 is 1.11 bits per heavy atom. The van der Waals surface area contributed by atoms with Gasteiger partial charge in [-0.15, -0.1) is 6.42 Å². The van der Waals surface area contributed by atoms with Gasteiger partial charge < -0.3 is 5.32 Å². The van der Waals surface area contributed by atoms with Crippen LogP contribution in [0.1, 0.15) is 18.1 Å². The van der Waals surface area contributed by atoms with Gasteiger partial charge in [-0.05, 0) is 47.9 Å². The minimum atomic E-state index is 0.557. The van der Waals surface area contributed by atoms with Crippen LogP contribution in [0.4, 0.5) is 11.6 Å². The molecule has 0 aliphatic carbocycles. The molecule has 5 heteroatoms. The molecule has 0 spiro atoms. The third kappa shape index (κ3) is 3.51. The summed E-state index contributed by atoms with van der Waals surface area (Å²) < 4.78 is 1.80. The molecular formula is C22H19N5. The maximum atomic E-state index is 5.45. The molecule has 0 unspecified atom stereocenters. The number of benzene rings is 2. The number of nitrogens with one attached hydrogen (secondary N) is 1. The van der Waals surface area contributed by atoms with Crippen LogP contribution in [-0.2, 0) is 13.5 Å². The second kappa shape index (κ2) is 6.93. The van der Waals surface area contributed by atoms with Crippen LogP contribution in [0.25, 0.3) is 22.0 Å². The zero-order valence-corrected chi connectivity index (χ0v) is 15.3. The van der Waals surface area contributed by atoms with Gasteiger partial charge in [0.15, 0.2) is 0 Å². The topological polar surface area (TPSA) is 55.6 Å². The van der Waals surface area contributed by atoms with E-state index in [1.807, 2.05) is 37.6 Å². The van der Waals surface area contributed by atoms with Crippen molar-refractivity contribution < 1.29 is 0 Å². The average Bonchev–Trinajstić information content (AvgIpc) is 3.13. The van der Waals surface area contributed by atoms with Gasteiger partial charge in [-0.1, -0.05) is 18.9 Å². The van der Waals surface area contributed by atoms with E-state index in [1.165, 1.54) is 5.56 Å². The Hall–Kier alpha value is -3.65. The highest BCUT2D eigenvalue weighted by Gasteiger charge is 2.07. The van der Waals surface area contributed by atoms with Gasteiger partial charge in [0.05, 0.1) is 11.7 Å². The number of aromatic nitrogens is 4. The summed E-state index contributed by atoms with van der Waals surface area (Å²) in [6.07, 6.45) is 12.1. The average molecular weight is 353 g/mol. The van der Waals surface area contributed by atoms with Crippen molar-refractivity contribution in [2.45, 2.75) is 13.3 Å². The van der Waals surface area contributed by atoms with E-state index in [0.29, 0.717) is 5.95 Å². The fraction of sp³-hybridized carbons (Fsp3) is 0.136. The van der Waals surface area contributed by atoms with Gasteiger partial charge in [0.25, 0.3) is 0 Å². The van der Waals surface area contributed by atoms with Crippen molar-refractivity contribution in [1.82, 2.24) is 19.7 Å². The van der Waals surface area contributed by atoms with Crippen LogP contribution in [0.3, 0.4) is 0 Å².